The molecular formula is C24H19N3O4S. The van der Waals surface area contributed by atoms with Crippen LogP contribution in [0.3, 0.4) is 0 Å². The van der Waals surface area contributed by atoms with Gasteiger partial charge in [-0.25, -0.2) is 13.4 Å². The molecule has 0 amide bonds. The lowest BCUT2D eigenvalue weighted by atomic mass is 10.0. The van der Waals surface area contributed by atoms with Crippen LogP contribution in [0.5, 0.6) is 5.75 Å². The third-order valence-electron chi connectivity index (χ3n) is 5.23. The number of allylic oxidation sites excluding steroid dienone is 1. The number of nitrogens with zero attached hydrogens (tertiary/aromatic N) is 2. The highest BCUT2D eigenvalue weighted by atomic mass is 32.2. The molecule has 0 saturated heterocycles. The van der Waals surface area contributed by atoms with Crippen LogP contribution < -0.4 is 9.46 Å². The summed E-state index contributed by atoms with van der Waals surface area (Å²) in [6, 6.07) is 16.6. The molecule has 0 spiro atoms. The summed E-state index contributed by atoms with van der Waals surface area (Å²) in [5.74, 6) is 0.258. The van der Waals surface area contributed by atoms with Crippen LogP contribution >= 0.6 is 0 Å². The minimum Gasteiger partial charge on any atom is -0.452 e. The zero-order chi connectivity index (χ0) is 22.5. The number of hydrogen-bond acceptors (Lipinski definition) is 5. The first-order valence-electron chi connectivity index (χ1n) is 9.86. The number of hydrogen-bond donors (Lipinski definition) is 1. The number of sulfonamides is 1. The SMILES string of the molecule is Cn1cc(/C=C2\Oc3ccc(NS(C)(=O)=O)cc3C2=O)c2c(-c3ccccc3)ccnc21. The summed E-state index contributed by atoms with van der Waals surface area (Å²) in [6.45, 7) is 0. The number of aromatic nitrogens is 2. The molecule has 7 nitrogen and oxygen atoms in total. The van der Waals surface area contributed by atoms with Gasteiger partial charge in [-0.15, -0.1) is 0 Å². The van der Waals surface area contributed by atoms with Gasteiger partial charge < -0.3 is 9.30 Å². The number of ether oxygens (including phenoxy) is 1. The number of benzene rings is 2. The Kier molecular flexibility index (Phi) is 4.60. The zero-order valence-corrected chi connectivity index (χ0v) is 18.2. The van der Waals surface area contributed by atoms with Crippen molar-refractivity contribution in [2.75, 3.05) is 11.0 Å². The fourth-order valence-corrected chi connectivity index (χ4v) is 4.47. The van der Waals surface area contributed by atoms with Gasteiger partial charge in [0.05, 0.1) is 11.8 Å². The van der Waals surface area contributed by atoms with E-state index in [1.807, 2.05) is 54.2 Å². The third kappa shape index (κ3) is 3.54. The lowest BCUT2D eigenvalue weighted by molar-refractivity contribution is 0.101. The number of ketones is 1. The van der Waals surface area contributed by atoms with Crippen molar-refractivity contribution in [1.29, 1.82) is 0 Å². The summed E-state index contributed by atoms with van der Waals surface area (Å²) in [6.07, 6.45) is 6.45. The van der Waals surface area contributed by atoms with Crippen molar-refractivity contribution in [3.63, 3.8) is 0 Å². The molecule has 1 aliphatic heterocycles. The second-order valence-electron chi connectivity index (χ2n) is 7.64. The van der Waals surface area contributed by atoms with Crippen molar-refractivity contribution in [3.8, 4) is 16.9 Å². The van der Waals surface area contributed by atoms with E-state index in [1.165, 1.54) is 6.07 Å². The Hall–Kier alpha value is -3.91. The molecule has 4 aromatic rings. The van der Waals surface area contributed by atoms with Crippen molar-refractivity contribution < 1.29 is 17.9 Å². The third-order valence-corrected chi connectivity index (χ3v) is 5.84. The Morgan fingerprint density at radius 2 is 1.84 bits per heavy atom. The van der Waals surface area contributed by atoms with E-state index in [2.05, 4.69) is 9.71 Å². The van der Waals surface area contributed by atoms with Crippen LogP contribution in [0.2, 0.25) is 0 Å². The average molecular weight is 446 g/mol. The molecule has 5 rings (SSSR count). The lowest BCUT2D eigenvalue weighted by Crippen LogP contribution is -2.09. The van der Waals surface area contributed by atoms with E-state index >= 15 is 0 Å². The summed E-state index contributed by atoms with van der Waals surface area (Å²) in [5, 5.41) is 0.917. The fraction of sp³-hybridized carbons (Fsp3) is 0.0833. The van der Waals surface area contributed by atoms with Crippen LogP contribution in [0.15, 0.2) is 72.8 Å². The molecule has 0 bridgehead atoms. The molecule has 8 heteroatoms. The molecular weight excluding hydrogens is 426 g/mol. The molecule has 0 aliphatic carbocycles. The fourth-order valence-electron chi connectivity index (χ4n) is 3.91. The molecule has 0 fully saturated rings. The normalized spacial score (nSPS) is 14.6. The zero-order valence-electron chi connectivity index (χ0n) is 17.4. The molecule has 0 atom stereocenters. The summed E-state index contributed by atoms with van der Waals surface area (Å²) in [5.41, 5.74) is 4.27. The Labute approximate surface area is 185 Å². The van der Waals surface area contributed by atoms with Gasteiger partial charge in [0, 0.05) is 36.1 Å². The molecule has 2 aromatic carbocycles. The Morgan fingerprint density at radius 1 is 1.06 bits per heavy atom. The molecule has 2 aromatic heterocycles. The van der Waals surface area contributed by atoms with Crippen LogP contribution in [-0.4, -0.2) is 30.0 Å². The van der Waals surface area contributed by atoms with E-state index in [9.17, 15) is 13.2 Å². The van der Waals surface area contributed by atoms with E-state index in [-0.39, 0.29) is 11.5 Å². The van der Waals surface area contributed by atoms with E-state index < -0.39 is 10.0 Å². The Balaban J connectivity index is 1.60. The number of rotatable bonds is 4. The second kappa shape index (κ2) is 7.35. The molecule has 1 N–H and O–H groups in total. The first-order valence-corrected chi connectivity index (χ1v) is 11.7. The van der Waals surface area contributed by atoms with Gasteiger partial charge >= 0.3 is 0 Å². The lowest BCUT2D eigenvalue weighted by Gasteiger charge is -2.05. The number of nitrogens with one attached hydrogen (secondary N) is 1. The second-order valence-corrected chi connectivity index (χ2v) is 9.39. The van der Waals surface area contributed by atoms with Crippen molar-refractivity contribution in [2.24, 2.45) is 7.05 Å². The minimum absolute atomic E-state index is 0.173. The monoisotopic (exact) mass is 445 g/mol. The summed E-state index contributed by atoms with van der Waals surface area (Å²) in [4.78, 5) is 17.5. The molecule has 0 radical (unpaired) electrons. The largest absolute Gasteiger partial charge is 0.452 e. The van der Waals surface area contributed by atoms with Gasteiger partial charge in [-0.3, -0.25) is 9.52 Å². The molecule has 160 valence electrons. The Bertz CT molecular complexity index is 1520. The number of anilines is 1. The molecule has 0 unspecified atom stereocenters. The van der Waals surface area contributed by atoms with Gasteiger partial charge in [0.1, 0.15) is 11.4 Å². The van der Waals surface area contributed by atoms with Gasteiger partial charge in [0.25, 0.3) is 0 Å². The van der Waals surface area contributed by atoms with E-state index in [0.717, 1.165) is 34.0 Å². The van der Waals surface area contributed by atoms with Crippen LogP contribution in [0, 0.1) is 0 Å². The van der Waals surface area contributed by atoms with Gasteiger partial charge in [-0.05, 0) is 41.5 Å². The number of aryl methyl sites for hydroxylation is 1. The van der Waals surface area contributed by atoms with Crippen molar-refractivity contribution >= 4 is 38.6 Å². The maximum absolute atomic E-state index is 13.0. The topological polar surface area (TPSA) is 90.3 Å². The highest BCUT2D eigenvalue weighted by Crippen LogP contribution is 2.36. The summed E-state index contributed by atoms with van der Waals surface area (Å²) in [7, 11) is -1.55. The first kappa shape index (κ1) is 20.0. The molecule has 3 heterocycles. The minimum atomic E-state index is -3.45. The molecule has 0 saturated carbocycles. The smallest absolute Gasteiger partial charge is 0.232 e. The maximum atomic E-state index is 13.0. The van der Waals surface area contributed by atoms with Crippen LogP contribution in [0.1, 0.15) is 15.9 Å². The number of fused-ring (bicyclic) bond motifs is 2. The maximum Gasteiger partial charge on any atom is 0.232 e. The number of pyridine rings is 1. The summed E-state index contributed by atoms with van der Waals surface area (Å²) < 4.78 is 33.1. The average Bonchev–Trinajstić information content (AvgIpc) is 3.24. The Morgan fingerprint density at radius 3 is 2.59 bits per heavy atom. The van der Waals surface area contributed by atoms with Crippen LogP contribution in [0.25, 0.3) is 28.2 Å². The van der Waals surface area contributed by atoms with Gasteiger partial charge in [0.15, 0.2) is 5.76 Å². The van der Waals surface area contributed by atoms with Crippen molar-refractivity contribution in [1.82, 2.24) is 9.55 Å². The molecule has 32 heavy (non-hydrogen) atoms. The van der Waals surface area contributed by atoms with Gasteiger partial charge in [-0.2, -0.15) is 0 Å². The first-order chi connectivity index (χ1) is 15.3. The number of carbonyl (C=O) groups excluding carboxylic acids is 1. The van der Waals surface area contributed by atoms with Gasteiger partial charge in [-0.1, -0.05) is 30.3 Å². The number of carbonyl (C=O) groups is 1. The van der Waals surface area contributed by atoms with E-state index in [0.29, 0.717) is 17.0 Å². The highest BCUT2D eigenvalue weighted by molar-refractivity contribution is 7.92. The predicted octanol–water partition coefficient (Wildman–Crippen LogP) is 4.23. The van der Waals surface area contributed by atoms with Crippen molar-refractivity contribution in [3.05, 3.63) is 83.9 Å². The van der Waals surface area contributed by atoms with Crippen LogP contribution in [-0.2, 0) is 17.1 Å². The highest BCUT2D eigenvalue weighted by Gasteiger charge is 2.28. The van der Waals surface area contributed by atoms with Crippen LogP contribution in [0.4, 0.5) is 5.69 Å². The van der Waals surface area contributed by atoms with E-state index in [1.54, 1.807) is 24.4 Å². The summed E-state index contributed by atoms with van der Waals surface area (Å²) >= 11 is 0. The number of Topliss-reactive ketones (excluding diaryl/α,β-unsaturated/α-hetero) is 1. The standard InChI is InChI=1S/C24H19N3O4S/c1-27-14-16(22-18(10-11-25-24(22)27)15-6-4-3-5-7-15)12-21-23(28)19-13-17(26-32(2,29)30)8-9-20(19)31-21/h3-14,26H,1-2H3/b21-12-. The van der Waals surface area contributed by atoms with Gasteiger partial charge in [0.2, 0.25) is 15.8 Å². The predicted molar refractivity (Wildman–Crippen MR) is 124 cm³/mol. The quantitative estimate of drug-likeness (QED) is 0.475. The van der Waals surface area contributed by atoms with E-state index in [4.69, 9.17) is 4.74 Å². The molecule has 1 aliphatic rings. The van der Waals surface area contributed by atoms with Crippen molar-refractivity contribution in [2.45, 2.75) is 0 Å².